The lowest BCUT2D eigenvalue weighted by atomic mass is 9.80. The average Bonchev–Trinajstić information content (AvgIpc) is 2.56. The summed E-state index contributed by atoms with van der Waals surface area (Å²) in [6.07, 6.45) is 2.79. The third-order valence-electron chi connectivity index (χ3n) is 4.53. The first-order valence-corrected chi connectivity index (χ1v) is 8.70. The Morgan fingerprint density at radius 3 is 2.71 bits per heavy atom. The summed E-state index contributed by atoms with van der Waals surface area (Å²) in [7, 11) is 2.00. The first-order chi connectivity index (χ1) is 11.6. The molecule has 0 atom stereocenters. The Hall–Kier alpha value is -1.95. The zero-order valence-corrected chi connectivity index (χ0v) is 14.5. The van der Waals surface area contributed by atoms with Crippen LogP contribution in [-0.4, -0.2) is 54.9 Å². The van der Waals surface area contributed by atoms with Gasteiger partial charge in [0.05, 0.1) is 12.1 Å². The van der Waals surface area contributed by atoms with Crippen molar-refractivity contribution in [1.82, 2.24) is 10.2 Å². The van der Waals surface area contributed by atoms with Crippen molar-refractivity contribution >= 4 is 5.96 Å². The fourth-order valence-corrected chi connectivity index (χ4v) is 2.97. The Balaban J connectivity index is 1.66. The smallest absolute Gasteiger partial charge is 0.194 e. The van der Waals surface area contributed by atoms with E-state index in [4.69, 9.17) is 9.47 Å². The van der Waals surface area contributed by atoms with Gasteiger partial charge in [-0.05, 0) is 43.9 Å². The second kappa shape index (κ2) is 7.30. The quantitative estimate of drug-likeness (QED) is 0.635. The van der Waals surface area contributed by atoms with Crippen molar-refractivity contribution in [2.45, 2.75) is 38.3 Å². The molecule has 2 aliphatic rings. The second-order valence-corrected chi connectivity index (χ2v) is 6.58. The Kier molecular flexibility index (Phi) is 5.14. The molecule has 0 radical (unpaired) electrons. The number of guanidine groups is 1. The lowest BCUT2D eigenvalue weighted by molar-refractivity contribution is -0.0237. The molecule has 1 aliphatic heterocycles. The average molecular weight is 333 g/mol. The maximum absolute atomic E-state index is 10.2. The van der Waals surface area contributed by atoms with Crippen LogP contribution in [0.5, 0.6) is 11.5 Å². The molecule has 0 saturated heterocycles. The molecule has 1 saturated carbocycles. The fraction of sp³-hybridized carbons (Fsp3) is 0.611. The Morgan fingerprint density at radius 2 is 2.04 bits per heavy atom. The summed E-state index contributed by atoms with van der Waals surface area (Å²) in [5.41, 5.74) is 0.535. The van der Waals surface area contributed by atoms with Crippen LogP contribution in [0.25, 0.3) is 0 Å². The Labute approximate surface area is 143 Å². The maximum Gasteiger partial charge on any atom is 0.194 e. The minimum absolute atomic E-state index is 0.459. The van der Waals surface area contributed by atoms with E-state index in [0.717, 1.165) is 48.8 Å². The lowest BCUT2D eigenvalue weighted by Gasteiger charge is -2.35. The van der Waals surface area contributed by atoms with Crippen molar-refractivity contribution in [1.29, 1.82) is 0 Å². The summed E-state index contributed by atoms with van der Waals surface area (Å²) in [6.45, 7) is 5.21. The molecule has 1 aliphatic carbocycles. The lowest BCUT2D eigenvalue weighted by Crippen LogP contribution is -2.43. The number of nitrogens with one attached hydrogen (secondary N) is 1. The number of ether oxygens (including phenoxy) is 2. The van der Waals surface area contributed by atoms with E-state index in [-0.39, 0.29) is 0 Å². The minimum Gasteiger partial charge on any atom is -0.486 e. The van der Waals surface area contributed by atoms with Crippen molar-refractivity contribution in [3.8, 4) is 11.5 Å². The monoisotopic (exact) mass is 333 g/mol. The van der Waals surface area contributed by atoms with E-state index in [1.807, 2.05) is 32.2 Å². The van der Waals surface area contributed by atoms with Crippen LogP contribution in [0, 0.1) is 0 Å². The van der Waals surface area contributed by atoms with Gasteiger partial charge < -0.3 is 24.8 Å². The Morgan fingerprint density at radius 1 is 1.29 bits per heavy atom. The molecule has 24 heavy (non-hydrogen) atoms. The molecule has 2 N–H and O–H groups in total. The van der Waals surface area contributed by atoms with Gasteiger partial charge in [0.2, 0.25) is 0 Å². The van der Waals surface area contributed by atoms with Gasteiger partial charge in [0, 0.05) is 20.1 Å². The number of nitrogens with zero attached hydrogens (tertiary/aromatic N) is 2. The standard InChI is InChI=1S/C18H27N3O3/c1-3-19-17(20-13-18(22)7-4-8-18)21(2)12-14-5-6-15-16(11-14)24-10-9-23-15/h5-6,11,22H,3-4,7-10,12-13H2,1-2H3,(H,19,20). The molecule has 0 bridgehead atoms. The number of hydrogen-bond acceptors (Lipinski definition) is 4. The number of rotatable bonds is 5. The number of fused-ring (bicyclic) bond motifs is 1. The van der Waals surface area contributed by atoms with Gasteiger partial charge in [-0.3, -0.25) is 4.99 Å². The van der Waals surface area contributed by atoms with Gasteiger partial charge in [-0.1, -0.05) is 6.07 Å². The Bertz CT molecular complexity index is 599. The molecule has 1 fully saturated rings. The highest BCUT2D eigenvalue weighted by atomic mass is 16.6. The highest BCUT2D eigenvalue weighted by molar-refractivity contribution is 5.79. The molecular weight excluding hydrogens is 306 g/mol. The predicted octanol–water partition coefficient (Wildman–Crippen LogP) is 1.77. The van der Waals surface area contributed by atoms with E-state index < -0.39 is 5.60 Å². The van der Waals surface area contributed by atoms with Gasteiger partial charge in [-0.25, -0.2) is 0 Å². The van der Waals surface area contributed by atoms with Crippen LogP contribution in [0.1, 0.15) is 31.7 Å². The number of hydrogen-bond donors (Lipinski definition) is 2. The maximum atomic E-state index is 10.2. The van der Waals surface area contributed by atoms with Gasteiger partial charge in [0.25, 0.3) is 0 Å². The highest BCUT2D eigenvalue weighted by Crippen LogP contribution is 2.32. The zero-order chi connectivity index (χ0) is 17.0. The molecule has 1 aromatic carbocycles. The molecule has 6 heteroatoms. The van der Waals surface area contributed by atoms with Crippen molar-refractivity contribution < 1.29 is 14.6 Å². The van der Waals surface area contributed by atoms with Gasteiger partial charge in [0.1, 0.15) is 13.2 Å². The van der Waals surface area contributed by atoms with Crippen LogP contribution < -0.4 is 14.8 Å². The van der Waals surface area contributed by atoms with Crippen LogP contribution in [0.15, 0.2) is 23.2 Å². The molecule has 132 valence electrons. The molecule has 6 nitrogen and oxygen atoms in total. The van der Waals surface area contributed by atoms with E-state index in [9.17, 15) is 5.11 Å². The van der Waals surface area contributed by atoms with Gasteiger partial charge in [-0.15, -0.1) is 0 Å². The molecule has 0 aromatic heterocycles. The molecule has 1 heterocycles. The van der Waals surface area contributed by atoms with Crippen LogP contribution in [0.4, 0.5) is 0 Å². The second-order valence-electron chi connectivity index (χ2n) is 6.58. The van der Waals surface area contributed by atoms with E-state index in [2.05, 4.69) is 15.2 Å². The topological polar surface area (TPSA) is 66.3 Å². The summed E-state index contributed by atoms with van der Waals surface area (Å²) < 4.78 is 11.2. The largest absolute Gasteiger partial charge is 0.486 e. The normalized spacial score (nSPS) is 18.7. The summed E-state index contributed by atoms with van der Waals surface area (Å²) in [4.78, 5) is 6.68. The summed E-state index contributed by atoms with van der Waals surface area (Å²) in [5.74, 6) is 2.42. The van der Waals surface area contributed by atoms with Gasteiger partial charge >= 0.3 is 0 Å². The van der Waals surface area contributed by atoms with Crippen LogP contribution in [-0.2, 0) is 6.54 Å². The van der Waals surface area contributed by atoms with E-state index >= 15 is 0 Å². The number of aliphatic hydroxyl groups is 1. The van der Waals surface area contributed by atoms with Crippen LogP contribution >= 0.6 is 0 Å². The van der Waals surface area contributed by atoms with Crippen molar-refractivity contribution in [3.05, 3.63) is 23.8 Å². The van der Waals surface area contributed by atoms with Gasteiger partial charge in [-0.2, -0.15) is 0 Å². The van der Waals surface area contributed by atoms with Crippen LogP contribution in [0.2, 0.25) is 0 Å². The third kappa shape index (κ3) is 3.93. The molecule has 0 spiro atoms. The molecular formula is C18H27N3O3. The summed E-state index contributed by atoms with van der Waals surface area (Å²) >= 11 is 0. The minimum atomic E-state index is -0.599. The zero-order valence-electron chi connectivity index (χ0n) is 14.5. The highest BCUT2D eigenvalue weighted by Gasteiger charge is 2.34. The molecule has 0 amide bonds. The first kappa shape index (κ1) is 16.9. The first-order valence-electron chi connectivity index (χ1n) is 8.70. The molecule has 0 unspecified atom stereocenters. The van der Waals surface area contributed by atoms with Gasteiger partial charge in [0.15, 0.2) is 17.5 Å². The van der Waals surface area contributed by atoms with Crippen LogP contribution in [0.3, 0.4) is 0 Å². The van der Waals surface area contributed by atoms with Crippen molar-refractivity contribution in [3.63, 3.8) is 0 Å². The fourth-order valence-electron chi connectivity index (χ4n) is 2.97. The van der Waals surface area contributed by atoms with E-state index in [1.165, 1.54) is 0 Å². The predicted molar refractivity (Wildman–Crippen MR) is 93.7 cm³/mol. The van der Waals surface area contributed by atoms with E-state index in [1.54, 1.807) is 0 Å². The number of aliphatic imine (C=N–C) groups is 1. The summed E-state index contributed by atoms with van der Waals surface area (Å²) in [5, 5.41) is 13.5. The number of benzene rings is 1. The third-order valence-corrected chi connectivity index (χ3v) is 4.53. The van der Waals surface area contributed by atoms with E-state index in [0.29, 0.717) is 26.3 Å². The SMILES string of the molecule is CCNC(=NCC1(O)CCC1)N(C)Cc1ccc2c(c1)OCCO2. The summed E-state index contributed by atoms with van der Waals surface area (Å²) in [6, 6.07) is 6.03. The van der Waals surface area contributed by atoms with Crippen molar-refractivity contribution in [2.75, 3.05) is 33.4 Å². The molecule has 1 aromatic rings. The van der Waals surface area contributed by atoms with Crippen molar-refractivity contribution in [2.24, 2.45) is 4.99 Å². The molecule has 3 rings (SSSR count).